The van der Waals surface area contributed by atoms with E-state index >= 15 is 0 Å². The third-order valence-corrected chi connectivity index (χ3v) is 7.66. The number of nitrogens with zero attached hydrogens (tertiary/aromatic N) is 3. The van der Waals surface area contributed by atoms with Crippen LogP contribution in [0.3, 0.4) is 0 Å². The van der Waals surface area contributed by atoms with Crippen LogP contribution >= 0.6 is 48.8 Å². The van der Waals surface area contributed by atoms with Crippen LogP contribution in [0.1, 0.15) is 62.4 Å². The molecule has 1 fully saturated rings. The molecule has 1 spiro atoms. The van der Waals surface area contributed by atoms with Crippen LogP contribution in [0.4, 0.5) is 11.5 Å². The molecule has 1 aromatic heterocycles. The number of benzene rings is 1. The molecular formula is C24H35Cl4N5. The summed E-state index contributed by atoms with van der Waals surface area (Å²) >= 11 is 6.87. The van der Waals surface area contributed by atoms with Crippen LogP contribution in [0.15, 0.2) is 24.5 Å². The summed E-state index contributed by atoms with van der Waals surface area (Å²) < 4.78 is 0. The van der Waals surface area contributed by atoms with Gasteiger partial charge in [0.1, 0.15) is 12.1 Å². The van der Waals surface area contributed by atoms with E-state index < -0.39 is 0 Å². The van der Waals surface area contributed by atoms with Gasteiger partial charge in [-0.3, -0.25) is 0 Å². The van der Waals surface area contributed by atoms with Gasteiger partial charge in [-0.2, -0.15) is 0 Å². The Morgan fingerprint density at radius 1 is 1.09 bits per heavy atom. The van der Waals surface area contributed by atoms with Crippen molar-refractivity contribution < 1.29 is 0 Å². The average Bonchev–Trinajstić information content (AvgIpc) is 3.25. The van der Waals surface area contributed by atoms with Gasteiger partial charge in [0.2, 0.25) is 0 Å². The number of aryl methyl sites for hydroxylation is 1. The molecule has 0 amide bonds. The smallest absolute Gasteiger partial charge is 0.137 e. The fourth-order valence-corrected chi connectivity index (χ4v) is 5.90. The van der Waals surface area contributed by atoms with Crippen molar-refractivity contribution in [3.8, 4) is 0 Å². The molecule has 5 rings (SSSR count). The number of anilines is 2. The molecule has 3 aliphatic rings. The number of aromatic nitrogens is 2. The lowest BCUT2D eigenvalue weighted by Crippen LogP contribution is -2.45. The van der Waals surface area contributed by atoms with Crippen molar-refractivity contribution in [2.75, 3.05) is 29.9 Å². The zero-order valence-electron chi connectivity index (χ0n) is 19.5. The zero-order valence-corrected chi connectivity index (χ0v) is 22.7. The van der Waals surface area contributed by atoms with Gasteiger partial charge in [-0.15, -0.1) is 48.8 Å². The summed E-state index contributed by atoms with van der Waals surface area (Å²) in [5.74, 6) is 1.06. The standard InChI is InChI=1S/C24H32ClN5.3ClH/c1-16(2)26-13-17-5-4-6-18-20(17)24(14-27-18)9-11-30(12-10-24)22-21-19(28-15-29-22)7-8-23(21,3)25;;;/h4-6,15-16,26-27H,7-14H2,1-3H3;3*1H. The van der Waals surface area contributed by atoms with Gasteiger partial charge in [-0.05, 0) is 49.8 Å². The second kappa shape index (κ2) is 10.7. The molecule has 3 heterocycles. The lowest BCUT2D eigenvalue weighted by atomic mass is 9.72. The summed E-state index contributed by atoms with van der Waals surface area (Å²) in [7, 11) is 0. The molecule has 1 saturated heterocycles. The van der Waals surface area contributed by atoms with Crippen LogP contribution in [-0.2, 0) is 23.3 Å². The number of halogens is 4. The number of hydrogen-bond acceptors (Lipinski definition) is 5. The third kappa shape index (κ3) is 5.04. The number of nitrogens with one attached hydrogen (secondary N) is 2. The van der Waals surface area contributed by atoms with Crippen molar-refractivity contribution in [3.63, 3.8) is 0 Å². The molecule has 0 saturated carbocycles. The molecule has 1 aliphatic carbocycles. The van der Waals surface area contributed by atoms with Gasteiger partial charge in [-0.25, -0.2) is 9.97 Å². The van der Waals surface area contributed by atoms with Gasteiger partial charge >= 0.3 is 0 Å². The molecule has 1 unspecified atom stereocenters. The molecule has 1 atom stereocenters. The molecule has 5 nitrogen and oxygen atoms in total. The SMILES string of the molecule is CC(C)NCc1cccc2c1C1(CCN(c3ncnc4c3C(C)(Cl)CC4)CC1)CN2.Cl.Cl.Cl. The second-order valence-electron chi connectivity index (χ2n) is 9.71. The second-order valence-corrected chi connectivity index (χ2v) is 10.5. The first-order chi connectivity index (χ1) is 14.4. The fourth-order valence-electron chi connectivity index (χ4n) is 5.61. The monoisotopic (exact) mass is 533 g/mol. The van der Waals surface area contributed by atoms with E-state index in [1.807, 2.05) is 0 Å². The Bertz CT molecular complexity index is 958. The fraction of sp³-hybridized carbons (Fsp3) is 0.583. The minimum Gasteiger partial charge on any atom is -0.384 e. The van der Waals surface area contributed by atoms with Crippen molar-refractivity contribution >= 4 is 60.3 Å². The van der Waals surface area contributed by atoms with E-state index in [1.54, 1.807) is 6.33 Å². The van der Waals surface area contributed by atoms with E-state index in [9.17, 15) is 0 Å². The number of alkyl halides is 1. The van der Waals surface area contributed by atoms with Crippen LogP contribution in [0, 0.1) is 0 Å². The number of piperidine rings is 1. The van der Waals surface area contributed by atoms with Crippen LogP contribution in [-0.4, -0.2) is 35.6 Å². The number of rotatable bonds is 4. The summed E-state index contributed by atoms with van der Waals surface area (Å²) in [5.41, 5.74) is 6.80. The molecule has 0 radical (unpaired) electrons. The quantitative estimate of drug-likeness (QED) is 0.500. The van der Waals surface area contributed by atoms with Crippen molar-refractivity contribution in [2.45, 2.75) is 69.3 Å². The van der Waals surface area contributed by atoms with Crippen molar-refractivity contribution in [3.05, 3.63) is 46.9 Å². The first-order valence-corrected chi connectivity index (χ1v) is 11.7. The van der Waals surface area contributed by atoms with Gasteiger partial charge in [0.05, 0.1) is 10.6 Å². The summed E-state index contributed by atoms with van der Waals surface area (Å²) in [4.78, 5) is 11.3. The van der Waals surface area contributed by atoms with Crippen LogP contribution in [0.5, 0.6) is 0 Å². The highest BCUT2D eigenvalue weighted by molar-refractivity contribution is 6.24. The lowest BCUT2D eigenvalue weighted by Gasteiger charge is -2.41. The van der Waals surface area contributed by atoms with Gasteiger partial charge in [0, 0.05) is 48.9 Å². The predicted molar refractivity (Wildman–Crippen MR) is 145 cm³/mol. The van der Waals surface area contributed by atoms with Crippen molar-refractivity contribution in [1.82, 2.24) is 15.3 Å². The predicted octanol–water partition coefficient (Wildman–Crippen LogP) is 5.60. The van der Waals surface area contributed by atoms with E-state index in [0.29, 0.717) is 6.04 Å². The van der Waals surface area contributed by atoms with Crippen molar-refractivity contribution in [2.24, 2.45) is 0 Å². The van der Waals surface area contributed by atoms with Gasteiger partial charge in [-0.1, -0.05) is 26.0 Å². The first kappa shape index (κ1) is 28.3. The highest BCUT2D eigenvalue weighted by Crippen LogP contribution is 2.49. The van der Waals surface area contributed by atoms with Gasteiger partial charge < -0.3 is 15.5 Å². The Kier molecular flexibility index (Phi) is 9.20. The van der Waals surface area contributed by atoms with E-state index in [4.69, 9.17) is 16.6 Å². The zero-order chi connectivity index (χ0) is 20.9. The highest BCUT2D eigenvalue weighted by atomic mass is 35.5. The molecule has 2 aromatic rings. The Morgan fingerprint density at radius 3 is 2.52 bits per heavy atom. The first-order valence-electron chi connectivity index (χ1n) is 11.3. The Morgan fingerprint density at radius 2 is 1.82 bits per heavy atom. The summed E-state index contributed by atoms with van der Waals surface area (Å²) in [5, 5.41) is 7.32. The number of hydrogen-bond donors (Lipinski definition) is 2. The normalized spacial score (nSPS) is 22.0. The maximum absolute atomic E-state index is 6.87. The molecule has 2 N–H and O–H groups in total. The average molecular weight is 535 g/mol. The molecule has 33 heavy (non-hydrogen) atoms. The van der Waals surface area contributed by atoms with E-state index in [2.05, 4.69) is 59.5 Å². The molecule has 184 valence electrons. The maximum Gasteiger partial charge on any atom is 0.137 e. The summed E-state index contributed by atoms with van der Waals surface area (Å²) in [6.45, 7) is 10.5. The molecule has 9 heteroatoms. The maximum atomic E-state index is 6.87. The lowest BCUT2D eigenvalue weighted by molar-refractivity contribution is 0.357. The minimum absolute atomic E-state index is 0. The summed E-state index contributed by atoms with van der Waals surface area (Å²) in [6, 6.07) is 7.21. The van der Waals surface area contributed by atoms with E-state index in [1.165, 1.54) is 16.8 Å². The Balaban J connectivity index is 0.00000128. The third-order valence-electron chi connectivity index (χ3n) is 7.28. The molecule has 2 aliphatic heterocycles. The topological polar surface area (TPSA) is 53.1 Å². The Labute approximate surface area is 221 Å². The number of fused-ring (bicyclic) bond motifs is 3. The molecule has 0 bridgehead atoms. The Hall–Kier alpha value is -0.980. The highest BCUT2D eigenvalue weighted by Gasteiger charge is 2.44. The van der Waals surface area contributed by atoms with Crippen LogP contribution < -0.4 is 15.5 Å². The van der Waals surface area contributed by atoms with Crippen LogP contribution in [0.25, 0.3) is 0 Å². The minimum atomic E-state index is -0.349. The van der Waals surface area contributed by atoms with Gasteiger partial charge in [0.25, 0.3) is 0 Å². The summed E-state index contributed by atoms with van der Waals surface area (Å²) in [6.07, 6.45) is 5.87. The van der Waals surface area contributed by atoms with Crippen molar-refractivity contribution in [1.29, 1.82) is 0 Å². The van der Waals surface area contributed by atoms with E-state index in [-0.39, 0.29) is 47.5 Å². The van der Waals surface area contributed by atoms with E-state index in [0.717, 1.165) is 68.9 Å². The largest absolute Gasteiger partial charge is 0.384 e. The molecule has 1 aromatic carbocycles. The molecular weight excluding hydrogens is 500 g/mol. The van der Waals surface area contributed by atoms with Crippen LogP contribution in [0.2, 0.25) is 0 Å². The van der Waals surface area contributed by atoms with Gasteiger partial charge in [0.15, 0.2) is 0 Å².